The third-order valence-electron chi connectivity index (χ3n) is 5.70. The van der Waals surface area contributed by atoms with E-state index in [1.54, 1.807) is 42.5 Å². The number of benzene rings is 2. The largest absolute Gasteiger partial charge is 0.493 e. The molecular formula is C29H35N7O3S. The topological polar surface area (TPSA) is 108 Å². The van der Waals surface area contributed by atoms with E-state index in [1.807, 2.05) is 54.8 Å². The predicted molar refractivity (Wildman–Crippen MR) is 159 cm³/mol. The van der Waals surface area contributed by atoms with Crippen molar-refractivity contribution < 1.29 is 14.3 Å². The zero-order valence-corrected chi connectivity index (χ0v) is 23.9. The van der Waals surface area contributed by atoms with Crippen molar-refractivity contribution in [3.63, 3.8) is 0 Å². The average molecular weight is 562 g/mol. The smallest absolute Gasteiger partial charge is 0.251 e. The van der Waals surface area contributed by atoms with Gasteiger partial charge in [0.25, 0.3) is 5.91 Å². The predicted octanol–water partition coefficient (Wildman–Crippen LogP) is 4.50. The maximum absolute atomic E-state index is 12.1. The first-order valence-corrected chi connectivity index (χ1v) is 13.0. The Bertz CT molecular complexity index is 1430. The van der Waals surface area contributed by atoms with Gasteiger partial charge in [-0.25, -0.2) is 9.66 Å². The van der Waals surface area contributed by atoms with Gasteiger partial charge in [-0.1, -0.05) is 48.6 Å². The minimum Gasteiger partial charge on any atom is -0.493 e. The van der Waals surface area contributed by atoms with Crippen molar-refractivity contribution in [2.75, 3.05) is 19.1 Å². The van der Waals surface area contributed by atoms with Crippen LogP contribution in [0.2, 0.25) is 0 Å². The van der Waals surface area contributed by atoms with Crippen LogP contribution in [0, 0.1) is 13.8 Å². The molecule has 0 fully saturated rings. The third kappa shape index (κ3) is 8.24. The second-order valence-electron chi connectivity index (χ2n) is 8.62. The molecule has 2 aromatic heterocycles. The van der Waals surface area contributed by atoms with Gasteiger partial charge < -0.3 is 24.8 Å². The van der Waals surface area contributed by atoms with Crippen LogP contribution in [0.3, 0.4) is 0 Å². The first kappa shape index (κ1) is 30.0. The van der Waals surface area contributed by atoms with Gasteiger partial charge in [0.2, 0.25) is 0 Å². The van der Waals surface area contributed by atoms with Crippen molar-refractivity contribution in [3.05, 3.63) is 109 Å². The number of para-hydroxylation sites is 1. The number of hydrogen-bond acceptors (Lipinski definition) is 8. The molecule has 0 aliphatic rings. The quantitative estimate of drug-likeness (QED) is 0.173. The Hall–Kier alpha value is -4.51. The number of imidazole rings is 1. The van der Waals surface area contributed by atoms with Crippen molar-refractivity contribution in [2.45, 2.75) is 38.5 Å². The van der Waals surface area contributed by atoms with Crippen molar-refractivity contribution in [1.29, 1.82) is 0 Å². The number of hydrogen-bond donors (Lipinski definition) is 3. The van der Waals surface area contributed by atoms with Crippen LogP contribution < -0.4 is 20.2 Å². The van der Waals surface area contributed by atoms with Crippen LogP contribution in [0.1, 0.15) is 33.1 Å². The molecule has 210 valence electrons. The molecular weight excluding hydrogens is 526 g/mol. The number of carbonyl (C=O) groups excluding carboxylic acids is 1. The maximum atomic E-state index is 12.1. The highest BCUT2D eigenvalue weighted by molar-refractivity contribution is 7.80. The Balaban J connectivity index is 0.000000220. The molecule has 0 aliphatic heterocycles. The van der Waals surface area contributed by atoms with E-state index in [2.05, 4.69) is 51.7 Å². The first-order chi connectivity index (χ1) is 19.4. The van der Waals surface area contributed by atoms with E-state index >= 15 is 0 Å². The lowest BCUT2D eigenvalue weighted by molar-refractivity contribution is 0.0949. The first-order valence-electron chi connectivity index (χ1n) is 12.6. The lowest BCUT2D eigenvalue weighted by Crippen LogP contribution is -2.25. The van der Waals surface area contributed by atoms with Gasteiger partial charge in [0.05, 0.1) is 26.4 Å². The second-order valence-corrected chi connectivity index (χ2v) is 9.08. The van der Waals surface area contributed by atoms with Gasteiger partial charge in [0, 0.05) is 17.7 Å². The lowest BCUT2D eigenvalue weighted by Gasteiger charge is -2.15. The molecule has 0 radical (unpaired) electrons. The van der Waals surface area contributed by atoms with Crippen molar-refractivity contribution in [1.82, 2.24) is 29.7 Å². The Morgan fingerprint density at radius 2 is 1.90 bits per heavy atom. The number of aromatic nitrogens is 5. The van der Waals surface area contributed by atoms with Crippen LogP contribution in [-0.4, -0.2) is 44.0 Å². The van der Waals surface area contributed by atoms with Gasteiger partial charge in [-0.3, -0.25) is 4.79 Å². The molecule has 4 rings (SSSR count). The van der Waals surface area contributed by atoms with Crippen LogP contribution in [0.5, 0.6) is 11.5 Å². The Labute approximate surface area is 240 Å². The standard InChI is InChI=1S/C15H18N4O.C14H17N3O2S/c1-4-8-19-12(3)17-18-14(19)10-16-15(20)13-7-5-6-11(2)9-13;1-3-7-19-14-11(5-4-6-12(14)18-2)8-16-17-10-15-9-13(17)20/h4-7,9H,1,8,10H2,2-3H3,(H,16,20);3-6,9-10,16,20H,1,7-8H2,2H3. The summed E-state index contributed by atoms with van der Waals surface area (Å²) in [5.41, 5.74) is 5.88. The molecule has 1 amide bonds. The number of thiol groups is 1. The number of aryl methyl sites for hydroxylation is 2. The van der Waals surface area contributed by atoms with E-state index in [-0.39, 0.29) is 5.91 Å². The molecule has 0 unspecified atom stereocenters. The highest BCUT2D eigenvalue weighted by Crippen LogP contribution is 2.31. The number of rotatable bonds is 12. The SMILES string of the molecule is C=CCOc1c(CNn2cncc2S)cccc1OC.C=CCn1c(C)nnc1CNC(=O)c1cccc(C)c1. The zero-order chi connectivity index (χ0) is 28.9. The summed E-state index contributed by atoms with van der Waals surface area (Å²) in [6.45, 7) is 13.2. The summed E-state index contributed by atoms with van der Waals surface area (Å²) in [6.07, 6.45) is 6.80. The summed E-state index contributed by atoms with van der Waals surface area (Å²) in [7, 11) is 1.62. The van der Waals surface area contributed by atoms with Crippen LogP contribution in [-0.2, 0) is 19.6 Å². The van der Waals surface area contributed by atoms with Gasteiger partial charge in [-0.15, -0.1) is 29.4 Å². The number of methoxy groups -OCH3 is 1. The summed E-state index contributed by atoms with van der Waals surface area (Å²) in [4.78, 5) is 16.1. The molecule has 2 N–H and O–H groups in total. The Kier molecular flexibility index (Phi) is 11.4. The van der Waals surface area contributed by atoms with Gasteiger partial charge in [0.15, 0.2) is 17.3 Å². The number of allylic oxidation sites excluding steroid dienone is 1. The fraction of sp³-hybridized carbons (Fsp3) is 0.241. The third-order valence-corrected chi connectivity index (χ3v) is 6.03. The normalized spacial score (nSPS) is 10.2. The average Bonchev–Trinajstić information content (AvgIpc) is 3.54. The van der Waals surface area contributed by atoms with Crippen LogP contribution in [0.4, 0.5) is 0 Å². The molecule has 40 heavy (non-hydrogen) atoms. The highest BCUT2D eigenvalue weighted by atomic mass is 32.1. The summed E-state index contributed by atoms with van der Waals surface area (Å²) >= 11 is 4.29. The molecule has 11 heteroatoms. The van der Waals surface area contributed by atoms with Crippen LogP contribution in [0.15, 0.2) is 85.3 Å². The minimum absolute atomic E-state index is 0.112. The van der Waals surface area contributed by atoms with Gasteiger partial charge in [-0.05, 0) is 32.0 Å². The molecule has 0 saturated heterocycles. The summed E-state index contributed by atoms with van der Waals surface area (Å²) in [5, 5.41) is 11.7. The minimum atomic E-state index is -0.112. The van der Waals surface area contributed by atoms with Crippen molar-refractivity contribution in [3.8, 4) is 11.5 Å². The Morgan fingerprint density at radius 1 is 1.10 bits per heavy atom. The summed E-state index contributed by atoms with van der Waals surface area (Å²) < 4.78 is 14.7. The van der Waals surface area contributed by atoms with Gasteiger partial charge in [-0.2, -0.15) is 0 Å². The van der Waals surface area contributed by atoms with E-state index < -0.39 is 0 Å². The number of ether oxygens (including phenoxy) is 2. The molecule has 4 aromatic rings. The monoisotopic (exact) mass is 561 g/mol. The highest BCUT2D eigenvalue weighted by Gasteiger charge is 2.11. The molecule has 2 aromatic carbocycles. The lowest BCUT2D eigenvalue weighted by atomic mass is 10.1. The number of carbonyl (C=O) groups is 1. The van der Waals surface area contributed by atoms with Gasteiger partial charge >= 0.3 is 0 Å². The van der Waals surface area contributed by atoms with E-state index in [9.17, 15) is 4.79 Å². The van der Waals surface area contributed by atoms with E-state index in [4.69, 9.17) is 9.47 Å². The van der Waals surface area contributed by atoms with Gasteiger partial charge in [0.1, 0.15) is 23.8 Å². The number of nitrogens with zero attached hydrogens (tertiary/aromatic N) is 5. The van der Waals surface area contributed by atoms with E-state index in [0.29, 0.717) is 43.3 Å². The Morgan fingerprint density at radius 3 is 2.58 bits per heavy atom. The molecule has 0 bridgehead atoms. The number of nitrogens with one attached hydrogen (secondary N) is 2. The van der Waals surface area contributed by atoms with E-state index in [1.165, 1.54) is 0 Å². The number of amides is 1. The van der Waals surface area contributed by atoms with Crippen LogP contribution in [0.25, 0.3) is 0 Å². The molecule has 10 nitrogen and oxygen atoms in total. The van der Waals surface area contributed by atoms with Crippen molar-refractivity contribution >= 4 is 18.5 Å². The fourth-order valence-corrected chi connectivity index (χ4v) is 3.91. The van der Waals surface area contributed by atoms with Crippen molar-refractivity contribution in [2.24, 2.45) is 0 Å². The van der Waals surface area contributed by atoms with Crippen LogP contribution >= 0.6 is 12.6 Å². The maximum Gasteiger partial charge on any atom is 0.251 e. The molecule has 0 spiro atoms. The molecule has 2 heterocycles. The second kappa shape index (κ2) is 15.2. The summed E-state index contributed by atoms with van der Waals surface area (Å²) in [5.74, 6) is 2.83. The molecule has 0 atom stereocenters. The molecule has 0 aliphatic carbocycles. The zero-order valence-electron chi connectivity index (χ0n) is 23.0. The summed E-state index contributed by atoms with van der Waals surface area (Å²) in [6, 6.07) is 13.2. The fourth-order valence-electron chi connectivity index (χ4n) is 3.72. The molecule has 0 saturated carbocycles. The van der Waals surface area contributed by atoms with E-state index in [0.717, 1.165) is 27.8 Å².